The zero-order chi connectivity index (χ0) is 17.3. The van der Waals surface area contributed by atoms with Crippen molar-refractivity contribution in [1.29, 1.82) is 5.26 Å². The second-order valence-electron chi connectivity index (χ2n) is 6.03. The van der Waals surface area contributed by atoms with E-state index in [-0.39, 0.29) is 11.5 Å². The molecular formula is C19H17FN2O2. The molecule has 0 heterocycles. The van der Waals surface area contributed by atoms with Crippen LogP contribution in [0.3, 0.4) is 0 Å². The van der Waals surface area contributed by atoms with Crippen molar-refractivity contribution in [3.63, 3.8) is 0 Å². The second kappa shape index (κ2) is 5.97. The van der Waals surface area contributed by atoms with Gasteiger partial charge >= 0.3 is 0 Å². The maximum Gasteiger partial charge on any atom is 0.235 e. The Balaban J connectivity index is 1.86. The van der Waals surface area contributed by atoms with Crippen LogP contribution in [0.2, 0.25) is 0 Å². The molecule has 2 aromatic carbocycles. The van der Waals surface area contributed by atoms with Gasteiger partial charge in [-0.1, -0.05) is 12.1 Å². The molecule has 0 aromatic heterocycles. The number of rotatable bonds is 4. The molecule has 24 heavy (non-hydrogen) atoms. The summed E-state index contributed by atoms with van der Waals surface area (Å²) in [6.07, 6.45) is 1.49. The first-order chi connectivity index (χ1) is 11.5. The quantitative estimate of drug-likeness (QED) is 0.933. The van der Waals surface area contributed by atoms with Gasteiger partial charge < -0.3 is 10.1 Å². The van der Waals surface area contributed by atoms with Gasteiger partial charge in [0.1, 0.15) is 17.6 Å². The molecule has 0 unspecified atom stereocenters. The normalized spacial score (nSPS) is 14.6. The molecule has 4 nitrogen and oxygen atoms in total. The minimum absolute atomic E-state index is 0.0883. The average molecular weight is 324 g/mol. The van der Waals surface area contributed by atoms with E-state index in [1.165, 1.54) is 18.2 Å². The third kappa shape index (κ3) is 2.71. The molecule has 0 radical (unpaired) electrons. The van der Waals surface area contributed by atoms with Crippen LogP contribution in [0.25, 0.3) is 0 Å². The van der Waals surface area contributed by atoms with Gasteiger partial charge in [0.2, 0.25) is 5.91 Å². The van der Waals surface area contributed by atoms with Gasteiger partial charge in [-0.3, -0.25) is 4.79 Å². The third-order valence-corrected chi connectivity index (χ3v) is 4.49. The number of anilines is 1. The number of halogens is 1. The summed E-state index contributed by atoms with van der Waals surface area (Å²) in [6.45, 7) is 1.95. The number of benzene rings is 2. The lowest BCUT2D eigenvalue weighted by Crippen LogP contribution is -2.28. The summed E-state index contributed by atoms with van der Waals surface area (Å²) >= 11 is 0. The van der Waals surface area contributed by atoms with E-state index >= 15 is 0 Å². The fraction of sp³-hybridized carbons (Fsp3) is 0.263. The zero-order valence-electron chi connectivity index (χ0n) is 13.5. The monoisotopic (exact) mass is 324 g/mol. The fourth-order valence-corrected chi connectivity index (χ4v) is 2.83. The summed E-state index contributed by atoms with van der Waals surface area (Å²) in [5.41, 5.74) is 1.67. The lowest BCUT2D eigenvalue weighted by Gasteiger charge is -2.17. The second-order valence-corrected chi connectivity index (χ2v) is 6.03. The smallest absolute Gasteiger partial charge is 0.235 e. The molecule has 0 aliphatic heterocycles. The molecule has 1 fully saturated rings. The van der Waals surface area contributed by atoms with Crippen molar-refractivity contribution >= 4 is 11.6 Å². The molecule has 0 atom stereocenters. The minimum atomic E-state index is -0.597. The van der Waals surface area contributed by atoms with Crippen molar-refractivity contribution < 1.29 is 13.9 Å². The largest absolute Gasteiger partial charge is 0.496 e. The third-order valence-electron chi connectivity index (χ3n) is 4.49. The van der Waals surface area contributed by atoms with Crippen LogP contribution in [0.15, 0.2) is 36.4 Å². The number of methoxy groups -OCH3 is 1. The Labute approximate surface area is 139 Å². The van der Waals surface area contributed by atoms with Gasteiger partial charge in [0.25, 0.3) is 0 Å². The predicted octanol–water partition coefficient (Wildman–Crippen LogP) is 3.68. The van der Waals surface area contributed by atoms with Gasteiger partial charge in [-0.15, -0.1) is 0 Å². The summed E-state index contributed by atoms with van der Waals surface area (Å²) in [5.74, 6) is 0.00364. The number of amides is 1. The Bertz CT molecular complexity index is 851. The molecule has 0 saturated heterocycles. The van der Waals surface area contributed by atoms with E-state index in [2.05, 4.69) is 5.32 Å². The molecule has 0 spiro atoms. The summed E-state index contributed by atoms with van der Waals surface area (Å²) in [6, 6.07) is 11.5. The van der Waals surface area contributed by atoms with E-state index in [1.807, 2.05) is 25.1 Å². The minimum Gasteiger partial charge on any atom is -0.496 e. The highest BCUT2D eigenvalue weighted by Gasteiger charge is 2.51. The topological polar surface area (TPSA) is 62.1 Å². The number of aryl methyl sites for hydroxylation is 1. The maximum absolute atomic E-state index is 13.4. The van der Waals surface area contributed by atoms with Crippen LogP contribution >= 0.6 is 0 Å². The number of nitriles is 1. The van der Waals surface area contributed by atoms with Crippen LogP contribution in [0.1, 0.15) is 29.5 Å². The molecule has 1 amide bonds. The van der Waals surface area contributed by atoms with Crippen molar-refractivity contribution in [3.8, 4) is 11.8 Å². The van der Waals surface area contributed by atoms with Gasteiger partial charge in [-0.25, -0.2) is 4.39 Å². The summed E-state index contributed by atoms with van der Waals surface area (Å²) < 4.78 is 18.7. The van der Waals surface area contributed by atoms with Gasteiger partial charge in [-0.2, -0.15) is 5.26 Å². The van der Waals surface area contributed by atoms with E-state index in [4.69, 9.17) is 10.00 Å². The van der Waals surface area contributed by atoms with Crippen LogP contribution < -0.4 is 10.1 Å². The van der Waals surface area contributed by atoms with Crippen molar-refractivity contribution in [2.45, 2.75) is 25.2 Å². The van der Waals surface area contributed by atoms with Crippen molar-refractivity contribution in [1.82, 2.24) is 0 Å². The van der Waals surface area contributed by atoms with Gasteiger partial charge in [-0.05, 0) is 55.2 Å². The van der Waals surface area contributed by atoms with Gasteiger partial charge in [0.15, 0.2) is 0 Å². The number of hydrogen-bond acceptors (Lipinski definition) is 3. The molecule has 1 N–H and O–H groups in total. The number of carbonyl (C=O) groups excluding carboxylic acids is 1. The Morgan fingerprint density at radius 1 is 1.29 bits per heavy atom. The molecule has 1 aliphatic rings. The maximum atomic E-state index is 13.4. The Kier molecular flexibility index (Phi) is 3.98. The molecule has 1 saturated carbocycles. The summed E-state index contributed by atoms with van der Waals surface area (Å²) in [7, 11) is 1.60. The Morgan fingerprint density at radius 3 is 2.67 bits per heavy atom. The van der Waals surface area contributed by atoms with E-state index in [0.717, 1.165) is 29.7 Å². The zero-order valence-corrected chi connectivity index (χ0v) is 13.5. The van der Waals surface area contributed by atoms with Gasteiger partial charge in [0.05, 0.1) is 18.1 Å². The number of carbonyl (C=O) groups is 1. The van der Waals surface area contributed by atoms with Crippen molar-refractivity contribution in [3.05, 3.63) is 58.9 Å². The molecular weight excluding hydrogens is 307 g/mol. The number of nitrogens with one attached hydrogen (secondary N) is 1. The lowest BCUT2D eigenvalue weighted by molar-refractivity contribution is -0.118. The molecule has 1 aliphatic carbocycles. The van der Waals surface area contributed by atoms with E-state index < -0.39 is 11.2 Å². The molecule has 122 valence electrons. The summed E-state index contributed by atoms with van der Waals surface area (Å²) in [5, 5.41) is 11.7. The van der Waals surface area contributed by atoms with E-state index in [9.17, 15) is 9.18 Å². The Hall–Kier alpha value is -2.87. The van der Waals surface area contributed by atoms with Crippen molar-refractivity contribution in [2.24, 2.45) is 0 Å². The van der Waals surface area contributed by atoms with Crippen LogP contribution in [0.4, 0.5) is 10.1 Å². The number of nitrogens with zero attached hydrogens (tertiary/aromatic N) is 1. The summed E-state index contributed by atoms with van der Waals surface area (Å²) in [4.78, 5) is 12.7. The standard InChI is InChI=1S/C19H17FN2O2/c1-12-3-4-14(10-17(12)24-2)19(7-8-19)18(23)22-15-5-6-16(20)13(9-15)11-21/h3-6,9-10H,7-8H2,1-2H3,(H,22,23). The van der Waals surface area contributed by atoms with Crippen LogP contribution in [0.5, 0.6) is 5.75 Å². The number of ether oxygens (including phenoxy) is 1. The highest BCUT2D eigenvalue weighted by molar-refractivity contribution is 6.01. The van der Waals surface area contributed by atoms with Gasteiger partial charge in [0, 0.05) is 5.69 Å². The van der Waals surface area contributed by atoms with Crippen LogP contribution in [-0.4, -0.2) is 13.0 Å². The highest BCUT2D eigenvalue weighted by Crippen LogP contribution is 2.50. The Morgan fingerprint density at radius 2 is 2.04 bits per heavy atom. The first-order valence-electron chi connectivity index (χ1n) is 7.66. The molecule has 5 heteroatoms. The number of hydrogen-bond donors (Lipinski definition) is 1. The molecule has 0 bridgehead atoms. The fourth-order valence-electron chi connectivity index (χ4n) is 2.83. The first kappa shape index (κ1) is 16.0. The first-order valence-corrected chi connectivity index (χ1v) is 7.66. The van der Waals surface area contributed by atoms with E-state index in [1.54, 1.807) is 13.2 Å². The van der Waals surface area contributed by atoms with Crippen LogP contribution in [-0.2, 0) is 10.2 Å². The predicted molar refractivity (Wildman–Crippen MR) is 88.4 cm³/mol. The highest BCUT2D eigenvalue weighted by atomic mass is 19.1. The lowest BCUT2D eigenvalue weighted by atomic mass is 9.93. The molecule has 3 rings (SSSR count). The molecule has 2 aromatic rings. The van der Waals surface area contributed by atoms with Crippen LogP contribution in [0, 0.1) is 24.1 Å². The van der Waals surface area contributed by atoms with Crippen molar-refractivity contribution in [2.75, 3.05) is 12.4 Å². The van der Waals surface area contributed by atoms with E-state index in [0.29, 0.717) is 5.69 Å². The SMILES string of the molecule is COc1cc(C2(C(=O)Nc3ccc(F)c(C#N)c3)CC2)ccc1C. The average Bonchev–Trinajstić information content (AvgIpc) is 3.39.